The molecule has 26 heavy (non-hydrogen) atoms. The highest BCUT2D eigenvalue weighted by molar-refractivity contribution is 5.89. The average molecular weight is 348 g/mol. The number of benzene rings is 2. The summed E-state index contributed by atoms with van der Waals surface area (Å²) < 4.78 is 0. The first-order valence-corrected chi connectivity index (χ1v) is 9.31. The monoisotopic (exact) mass is 348 g/mol. The molecule has 0 unspecified atom stereocenters. The van der Waals surface area contributed by atoms with Gasteiger partial charge in [0.2, 0.25) is 0 Å². The fourth-order valence-electron chi connectivity index (χ4n) is 4.05. The molecule has 0 saturated carbocycles. The topological polar surface area (TPSA) is 37.3 Å². The normalized spacial score (nSPS) is 18.3. The second-order valence-electron chi connectivity index (χ2n) is 8.61. The average Bonchev–Trinajstić information content (AvgIpc) is 2.60. The van der Waals surface area contributed by atoms with Gasteiger partial charge in [0, 0.05) is 0 Å². The highest BCUT2D eigenvalue weighted by Gasteiger charge is 2.37. The third-order valence-corrected chi connectivity index (χ3v) is 5.90. The van der Waals surface area contributed by atoms with E-state index in [0.29, 0.717) is 5.56 Å². The van der Waals surface area contributed by atoms with Crippen LogP contribution in [0, 0.1) is 0 Å². The first kappa shape index (κ1) is 18.4. The van der Waals surface area contributed by atoms with E-state index in [1.165, 1.54) is 29.5 Å². The van der Waals surface area contributed by atoms with Crippen molar-refractivity contribution in [2.75, 3.05) is 0 Å². The van der Waals surface area contributed by atoms with Crippen LogP contribution in [0.25, 0.3) is 5.57 Å². The van der Waals surface area contributed by atoms with Crippen LogP contribution in [0.1, 0.15) is 80.1 Å². The summed E-state index contributed by atoms with van der Waals surface area (Å²) in [5, 5.41) is 9.11. The molecule has 1 aliphatic rings. The number of carbonyl (C=O) groups is 1. The van der Waals surface area contributed by atoms with Crippen molar-refractivity contribution in [2.45, 2.75) is 58.3 Å². The van der Waals surface area contributed by atoms with Gasteiger partial charge in [-0.3, -0.25) is 0 Å². The van der Waals surface area contributed by atoms with Crippen LogP contribution < -0.4 is 0 Å². The Bertz CT molecular complexity index is 868. The number of carboxylic acid groups (broad SMARTS) is 1. The summed E-state index contributed by atoms with van der Waals surface area (Å²) in [5.41, 5.74) is 6.98. The molecular weight excluding hydrogens is 320 g/mol. The lowest BCUT2D eigenvalue weighted by Gasteiger charge is -2.42. The summed E-state index contributed by atoms with van der Waals surface area (Å²) in [4.78, 5) is 11.1. The summed E-state index contributed by atoms with van der Waals surface area (Å²) in [6.45, 7) is 11.4. The maximum atomic E-state index is 11.1. The SMILES string of the molecule is C/C=C(\c1ccc(C(=O)O)cc1)c1ccc2c(c1)C(C)(C)CCC2(C)C. The van der Waals surface area contributed by atoms with Crippen LogP contribution in [-0.2, 0) is 10.8 Å². The highest BCUT2D eigenvalue weighted by atomic mass is 16.4. The maximum absolute atomic E-state index is 11.1. The highest BCUT2D eigenvalue weighted by Crippen LogP contribution is 2.46. The first-order chi connectivity index (χ1) is 12.2. The molecule has 1 aliphatic carbocycles. The number of hydrogen-bond acceptors (Lipinski definition) is 1. The van der Waals surface area contributed by atoms with E-state index in [9.17, 15) is 4.79 Å². The molecule has 1 N–H and O–H groups in total. The molecule has 2 aromatic rings. The molecule has 0 aliphatic heterocycles. The van der Waals surface area contributed by atoms with Crippen LogP contribution in [0.15, 0.2) is 48.5 Å². The van der Waals surface area contributed by atoms with Crippen LogP contribution in [0.2, 0.25) is 0 Å². The summed E-state index contributed by atoms with van der Waals surface area (Å²) in [7, 11) is 0. The molecule has 0 amide bonds. The van der Waals surface area contributed by atoms with Crippen LogP contribution >= 0.6 is 0 Å². The van der Waals surface area contributed by atoms with E-state index in [0.717, 1.165) is 11.1 Å². The third-order valence-electron chi connectivity index (χ3n) is 5.90. The number of hydrogen-bond donors (Lipinski definition) is 1. The molecule has 2 aromatic carbocycles. The van der Waals surface area contributed by atoms with Crippen LogP contribution in [-0.4, -0.2) is 11.1 Å². The lowest BCUT2D eigenvalue weighted by Crippen LogP contribution is -2.33. The fraction of sp³-hybridized carbons (Fsp3) is 0.375. The number of rotatable bonds is 3. The van der Waals surface area contributed by atoms with Crippen molar-refractivity contribution in [3.05, 3.63) is 76.4 Å². The molecule has 0 heterocycles. The van der Waals surface area contributed by atoms with E-state index in [1.54, 1.807) is 12.1 Å². The van der Waals surface area contributed by atoms with Crippen molar-refractivity contribution in [1.29, 1.82) is 0 Å². The van der Waals surface area contributed by atoms with Gasteiger partial charge >= 0.3 is 5.97 Å². The minimum Gasteiger partial charge on any atom is -0.478 e. The first-order valence-electron chi connectivity index (χ1n) is 9.31. The molecule has 136 valence electrons. The van der Waals surface area contributed by atoms with Crippen molar-refractivity contribution in [1.82, 2.24) is 0 Å². The molecule has 0 aromatic heterocycles. The second kappa shape index (κ2) is 6.42. The van der Waals surface area contributed by atoms with Crippen molar-refractivity contribution in [3.63, 3.8) is 0 Å². The molecule has 0 spiro atoms. The Morgan fingerprint density at radius 1 is 0.846 bits per heavy atom. The fourth-order valence-corrected chi connectivity index (χ4v) is 4.05. The number of fused-ring (bicyclic) bond motifs is 1. The van der Waals surface area contributed by atoms with Crippen molar-refractivity contribution in [2.24, 2.45) is 0 Å². The Kier molecular flexibility index (Phi) is 4.56. The molecular formula is C24H28O2. The van der Waals surface area contributed by atoms with Gasteiger partial charge in [-0.1, -0.05) is 64.1 Å². The van der Waals surface area contributed by atoms with Gasteiger partial charge in [-0.05, 0) is 70.6 Å². The van der Waals surface area contributed by atoms with Crippen LogP contribution in [0.3, 0.4) is 0 Å². The zero-order valence-corrected chi connectivity index (χ0v) is 16.4. The minimum atomic E-state index is -0.892. The minimum absolute atomic E-state index is 0.173. The smallest absolute Gasteiger partial charge is 0.335 e. The third kappa shape index (κ3) is 3.21. The maximum Gasteiger partial charge on any atom is 0.335 e. The summed E-state index contributed by atoms with van der Waals surface area (Å²) in [6, 6.07) is 14.0. The Labute approximate surface area is 156 Å². The molecule has 0 saturated heterocycles. The van der Waals surface area contributed by atoms with Crippen molar-refractivity contribution < 1.29 is 9.90 Å². The van der Waals surface area contributed by atoms with E-state index in [-0.39, 0.29) is 10.8 Å². The zero-order chi connectivity index (χ0) is 19.1. The molecule has 0 fully saturated rings. The van der Waals surface area contributed by atoms with Gasteiger partial charge in [0.25, 0.3) is 0 Å². The molecule has 2 nitrogen and oxygen atoms in total. The van der Waals surface area contributed by atoms with Gasteiger partial charge in [0.15, 0.2) is 0 Å². The van der Waals surface area contributed by atoms with E-state index in [4.69, 9.17) is 5.11 Å². The Balaban J connectivity index is 2.07. The van der Waals surface area contributed by atoms with E-state index < -0.39 is 5.97 Å². The summed E-state index contributed by atoms with van der Waals surface area (Å²) in [5.74, 6) is -0.892. The van der Waals surface area contributed by atoms with Crippen LogP contribution in [0.5, 0.6) is 0 Å². The van der Waals surface area contributed by atoms with E-state index in [2.05, 4.69) is 52.0 Å². The van der Waals surface area contributed by atoms with E-state index >= 15 is 0 Å². The van der Waals surface area contributed by atoms with Gasteiger partial charge < -0.3 is 5.11 Å². The molecule has 3 rings (SSSR count). The molecule has 0 radical (unpaired) electrons. The number of allylic oxidation sites excluding steroid dienone is 1. The van der Waals surface area contributed by atoms with Crippen LogP contribution in [0.4, 0.5) is 0 Å². The second-order valence-corrected chi connectivity index (χ2v) is 8.61. The summed E-state index contributed by atoms with van der Waals surface area (Å²) >= 11 is 0. The van der Waals surface area contributed by atoms with Gasteiger partial charge in [0.1, 0.15) is 0 Å². The van der Waals surface area contributed by atoms with E-state index in [1.807, 2.05) is 19.1 Å². The summed E-state index contributed by atoms with van der Waals surface area (Å²) in [6.07, 6.45) is 4.51. The standard InChI is InChI=1S/C24H28O2/c1-6-19(16-7-9-17(10-8-16)22(25)26)18-11-12-20-21(15-18)24(4,5)14-13-23(20,2)3/h6-12,15H,13-14H2,1-5H3,(H,25,26)/b19-6+. The predicted molar refractivity (Wildman–Crippen MR) is 108 cm³/mol. The Morgan fingerprint density at radius 3 is 1.88 bits per heavy atom. The lowest BCUT2D eigenvalue weighted by molar-refractivity contribution is 0.0697. The molecule has 2 heteroatoms. The van der Waals surface area contributed by atoms with Gasteiger partial charge in [-0.25, -0.2) is 4.79 Å². The number of aromatic carboxylic acids is 1. The Hall–Kier alpha value is -2.35. The van der Waals surface area contributed by atoms with Crippen molar-refractivity contribution in [3.8, 4) is 0 Å². The van der Waals surface area contributed by atoms with Gasteiger partial charge in [-0.2, -0.15) is 0 Å². The van der Waals surface area contributed by atoms with Gasteiger partial charge in [-0.15, -0.1) is 0 Å². The predicted octanol–water partition coefficient (Wildman–Crippen LogP) is 6.19. The lowest BCUT2D eigenvalue weighted by atomic mass is 9.63. The quantitative estimate of drug-likeness (QED) is 0.718. The van der Waals surface area contributed by atoms with Gasteiger partial charge in [0.05, 0.1) is 5.56 Å². The Morgan fingerprint density at radius 2 is 1.35 bits per heavy atom. The molecule has 0 bridgehead atoms. The molecule has 0 atom stereocenters. The van der Waals surface area contributed by atoms with Crippen molar-refractivity contribution >= 4 is 11.5 Å². The number of carboxylic acids is 1. The largest absolute Gasteiger partial charge is 0.478 e. The zero-order valence-electron chi connectivity index (χ0n) is 16.4.